The molecule has 0 aliphatic carbocycles. The van der Waals surface area contributed by atoms with Crippen molar-refractivity contribution in [3.8, 4) is 0 Å². The molecule has 1 aromatic carbocycles. The van der Waals surface area contributed by atoms with Crippen LogP contribution in [0.5, 0.6) is 0 Å². The van der Waals surface area contributed by atoms with Gasteiger partial charge in [-0.15, -0.1) is 0 Å². The minimum Gasteiger partial charge on any atom is -0.451 e. The van der Waals surface area contributed by atoms with E-state index in [2.05, 4.69) is 17.6 Å². The van der Waals surface area contributed by atoms with Crippen molar-refractivity contribution in [3.63, 3.8) is 0 Å². The first-order chi connectivity index (χ1) is 9.20. The van der Waals surface area contributed by atoms with E-state index < -0.39 is 0 Å². The molecule has 0 aliphatic heterocycles. The van der Waals surface area contributed by atoms with Crippen molar-refractivity contribution in [1.82, 2.24) is 10.6 Å². The van der Waals surface area contributed by atoms with Gasteiger partial charge in [-0.3, -0.25) is 4.79 Å². The van der Waals surface area contributed by atoms with E-state index in [0.717, 1.165) is 36.0 Å². The second-order valence-electron chi connectivity index (χ2n) is 4.66. The highest BCUT2D eigenvalue weighted by Gasteiger charge is 2.11. The SMILES string of the molecule is CCCNCCNC(=O)c1cc2cc(C)ccc2o1. The highest BCUT2D eigenvalue weighted by molar-refractivity contribution is 5.96. The van der Waals surface area contributed by atoms with Crippen molar-refractivity contribution >= 4 is 16.9 Å². The summed E-state index contributed by atoms with van der Waals surface area (Å²) in [6.45, 7) is 6.49. The van der Waals surface area contributed by atoms with Gasteiger partial charge in [0, 0.05) is 18.5 Å². The fourth-order valence-corrected chi connectivity index (χ4v) is 1.93. The van der Waals surface area contributed by atoms with Gasteiger partial charge in [-0.1, -0.05) is 18.6 Å². The zero-order valence-electron chi connectivity index (χ0n) is 11.5. The van der Waals surface area contributed by atoms with E-state index in [9.17, 15) is 4.79 Å². The highest BCUT2D eigenvalue weighted by Crippen LogP contribution is 2.20. The monoisotopic (exact) mass is 260 g/mol. The molecule has 0 fully saturated rings. The number of hydrogen-bond donors (Lipinski definition) is 2. The number of aryl methyl sites for hydroxylation is 1. The van der Waals surface area contributed by atoms with Crippen molar-refractivity contribution in [2.75, 3.05) is 19.6 Å². The van der Waals surface area contributed by atoms with Crippen LogP contribution in [0.3, 0.4) is 0 Å². The van der Waals surface area contributed by atoms with Gasteiger partial charge < -0.3 is 15.1 Å². The first-order valence-corrected chi connectivity index (χ1v) is 6.70. The third-order valence-corrected chi connectivity index (χ3v) is 2.91. The Morgan fingerprint density at radius 2 is 2.05 bits per heavy atom. The molecular formula is C15H20N2O2. The molecule has 2 rings (SSSR count). The minimum absolute atomic E-state index is 0.160. The summed E-state index contributed by atoms with van der Waals surface area (Å²) in [5.74, 6) is 0.211. The highest BCUT2D eigenvalue weighted by atomic mass is 16.3. The van der Waals surface area contributed by atoms with Crippen molar-refractivity contribution in [1.29, 1.82) is 0 Å². The summed E-state index contributed by atoms with van der Waals surface area (Å²) in [7, 11) is 0. The standard InChI is InChI=1S/C15H20N2O2/c1-3-6-16-7-8-17-15(18)14-10-12-9-11(2)4-5-13(12)19-14/h4-5,9-10,16H,3,6-8H2,1-2H3,(H,17,18). The van der Waals surface area contributed by atoms with Gasteiger partial charge in [0.1, 0.15) is 5.58 Å². The Hall–Kier alpha value is -1.81. The number of hydrogen-bond acceptors (Lipinski definition) is 3. The van der Waals surface area contributed by atoms with Crippen molar-refractivity contribution in [2.45, 2.75) is 20.3 Å². The number of carbonyl (C=O) groups is 1. The maximum absolute atomic E-state index is 11.9. The molecule has 2 aromatic rings. The first-order valence-electron chi connectivity index (χ1n) is 6.70. The molecule has 0 radical (unpaired) electrons. The van der Waals surface area contributed by atoms with Crippen LogP contribution in [0.15, 0.2) is 28.7 Å². The topological polar surface area (TPSA) is 54.3 Å². The lowest BCUT2D eigenvalue weighted by molar-refractivity contribution is 0.0928. The van der Waals surface area contributed by atoms with Gasteiger partial charge in [0.05, 0.1) is 0 Å². The van der Waals surface area contributed by atoms with E-state index in [4.69, 9.17) is 4.42 Å². The maximum Gasteiger partial charge on any atom is 0.287 e. The molecule has 2 N–H and O–H groups in total. The Balaban J connectivity index is 1.94. The lowest BCUT2D eigenvalue weighted by Crippen LogP contribution is -2.31. The Morgan fingerprint density at radius 3 is 2.84 bits per heavy atom. The van der Waals surface area contributed by atoms with Gasteiger partial charge in [0.2, 0.25) is 0 Å². The van der Waals surface area contributed by atoms with Crippen LogP contribution in [0.4, 0.5) is 0 Å². The predicted octanol–water partition coefficient (Wildman–Crippen LogP) is 2.47. The van der Waals surface area contributed by atoms with Gasteiger partial charge in [-0.2, -0.15) is 0 Å². The Bertz CT molecular complexity index is 560. The lowest BCUT2D eigenvalue weighted by Gasteiger charge is -2.03. The zero-order chi connectivity index (χ0) is 13.7. The summed E-state index contributed by atoms with van der Waals surface area (Å²) in [4.78, 5) is 11.9. The molecule has 0 spiro atoms. The van der Waals surface area contributed by atoms with Crippen LogP contribution in [0.25, 0.3) is 11.0 Å². The van der Waals surface area contributed by atoms with Gasteiger partial charge in [-0.25, -0.2) is 0 Å². The second-order valence-corrected chi connectivity index (χ2v) is 4.66. The molecule has 0 atom stereocenters. The number of fused-ring (bicyclic) bond motifs is 1. The van der Waals surface area contributed by atoms with Crippen LogP contribution in [0.1, 0.15) is 29.5 Å². The summed E-state index contributed by atoms with van der Waals surface area (Å²) in [5, 5.41) is 7.04. The van der Waals surface area contributed by atoms with Gasteiger partial charge in [-0.05, 0) is 38.1 Å². The number of benzene rings is 1. The molecular weight excluding hydrogens is 240 g/mol. The molecule has 1 amide bonds. The smallest absolute Gasteiger partial charge is 0.287 e. The van der Waals surface area contributed by atoms with Crippen LogP contribution < -0.4 is 10.6 Å². The summed E-state index contributed by atoms with van der Waals surface area (Å²) in [6, 6.07) is 7.67. The Labute approximate surface area is 113 Å². The molecule has 1 aromatic heterocycles. The molecule has 0 saturated heterocycles. The number of nitrogens with one attached hydrogen (secondary N) is 2. The van der Waals surface area contributed by atoms with Crippen LogP contribution in [-0.2, 0) is 0 Å². The van der Waals surface area contributed by atoms with Crippen LogP contribution in [-0.4, -0.2) is 25.5 Å². The molecule has 0 aliphatic rings. The number of amides is 1. The summed E-state index contributed by atoms with van der Waals surface area (Å²) in [6.07, 6.45) is 1.09. The fourth-order valence-electron chi connectivity index (χ4n) is 1.93. The Morgan fingerprint density at radius 1 is 1.21 bits per heavy atom. The van der Waals surface area contributed by atoms with E-state index in [1.54, 1.807) is 6.07 Å². The van der Waals surface area contributed by atoms with Crippen molar-refractivity contribution in [3.05, 3.63) is 35.6 Å². The summed E-state index contributed by atoms with van der Waals surface area (Å²) in [5.41, 5.74) is 1.91. The fraction of sp³-hybridized carbons (Fsp3) is 0.400. The third-order valence-electron chi connectivity index (χ3n) is 2.91. The predicted molar refractivity (Wildman–Crippen MR) is 76.4 cm³/mol. The molecule has 1 heterocycles. The van der Waals surface area contributed by atoms with E-state index in [0.29, 0.717) is 12.3 Å². The van der Waals surface area contributed by atoms with E-state index in [1.807, 2.05) is 25.1 Å². The molecule has 4 nitrogen and oxygen atoms in total. The largest absolute Gasteiger partial charge is 0.451 e. The van der Waals surface area contributed by atoms with Crippen LogP contribution in [0, 0.1) is 6.92 Å². The molecule has 4 heteroatoms. The summed E-state index contributed by atoms with van der Waals surface area (Å²) >= 11 is 0. The van der Waals surface area contributed by atoms with Crippen LogP contribution >= 0.6 is 0 Å². The number of rotatable bonds is 6. The van der Waals surface area contributed by atoms with E-state index in [1.165, 1.54) is 0 Å². The average molecular weight is 260 g/mol. The molecule has 102 valence electrons. The number of carbonyl (C=O) groups excluding carboxylic acids is 1. The molecule has 19 heavy (non-hydrogen) atoms. The normalized spacial score (nSPS) is 10.8. The van der Waals surface area contributed by atoms with Crippen LogP contribution in [0.2, 0.25) is 0 Å². The third kappa shape index (κ3) is 3.58. The number of furan rings is 1. The van der Waals surface area contributed by atoms with E-state index >= 15 is 0 Å². The minimum atomic E-state index is -0.160. The molecule has 0 bridgehead atoms. The van der Waals surface area contributed by atoms with Gasteiger partial charge in [0.15, 0.2) is 5.76 Å². The second kappa shape index (κ2) is 6.38. The lowest BCUT2D eigenvalue weighted by atomic mass is 10.2. The molecule has 0 saturated carbocycles. The van der Waals surface area contributed by atoms with Gasteiger partial charge in [0.25, 0.3) is 5.91 Å². The van der Waals surface area contributed by atoms with Crippen molar-refractivity contribution < 1.29 is 9.21 Å². The summed E-state index contributed by atoms with van der Waals surface area (Å²) < 4.78 is 5.53. The molecule has 0 unspecified atom stereocenters. The van der Waals surface area contributed by atoms with E-state index in [-0.39, 0.29) is 5.91 Å². The quantitative estimate of drug-likeness (QED) is 0.784. The average Bonchev–Trinajstić information content (AvgIpc) is 2.81. The Kier molecular flexibility index (Phi) is 4.58. The zero-order valence-corrected chi connectivity index (χ0v) is 11.5. The first kappa shape index (κ1) is 13.6. The van der Waals surface area contributed by atoms with Gasteiger partial charge >= 0.3 is 0 Å². The van der Waals surface area contributed by atoms with Crippen molar-refractivity contribution in [2.24, 2.45) is 0 Å². The maximum atomic E-state index is 11.9.